The second-order valence-corrected chi connectivity index (χ2v) is 8.15. The molecule has 0 heterocycles. The summed E-state index contributed by atoms with van der Waals surface area (Å²) in [6.07, 6.45) is 27.6. The maximum Gasteiger partial charge on any atom is 0 e. The molecule has 0 aromatic heterocycles. The van der Waals surface area contributed by atoms with Gasteiger partial charge in [-0.2, -0.15) is 0 Å². The molecule has 0 aromatic rings. The Morgan fingerprint density at radius 3 is 0.591 bits per heavy atom. The summed E-state index contributed by atoms with van der Waals surface area (Å²) in [6.45, 7) is 0. The first-order valence-corrected chi connectivity index (χ1v) is 9.40. The molecule has 22 heavy (non-hydrogen) atoms. The Morgan fingerprint density at radius 1 is 0.364 bits per heavy atom. The quantitative estimate of drug-likeness (QED) is 0.380. The maximum atomic E-state index is 2.38. The van der Waals surface area contributed by atoms with Crippen molar-refractivity contribution in [2.75, 3.05) is 0 Å². The van der Waals surface area contributed by atoms with Gasteiger partial charge in [0.15, 0.2) is 0 Å². The maximum absolute atomic E-state index is 2.38. The third-order valence-electron chi connectivity index (χ3n) is 6.51. The van der Waals surface area contributed by atoms with E-state index >= 15 is 0 Å². The van der Waals surface area contributed by atoms with Gasteiger partial charge in [-0.15, -0.1) is 0 Å². The standard InChI is InChI=1S/3C7H10.Pt/c3*1-2-7-4-3-6(1)5-7;/h3*1-2,6-7H,3-5H2;. The second-order valence-electron chi connectivity index (χ2n) is 8.15. The molecule has 0 saturated heterocycles. The fourth-order valence-corrected chi connectivity index (χ4v) is 5.15. The Hall–Kier alpha value is -0.0917. The molecule has 0 spiro atoms. The minimum atomic E-state index is 0. The summed E-state index contributed by atoms with van der Waals surface area (Å²) in [6, 6.07) is 0. The number of allylic oxidation sites excluding steroid dienone is 6. The first-order chi connectivity index (χ1) is 10.3. The number of fused-ring (bicyclic) bond motifs is 6. The van der Waals surface area contributed by atoms with Crippen molar-refractivity contribution in [1.29, 1.82) is 0 Å². The Morgan fingerprint density at radius 2 is 0.545 bits per heavy atom. The molecule has 6 bridgehead atoms. The monoisotopic (exact) mass is 477 g/mol. The normalized spacial score (nSPS) is 43.6. The van der Waals surface area contributed by atoms with Gasteiger partial charge >= 0.3 is 0 Å². The van der Waals surface area contributed by atoms with Crippen LogP contribution in [-0.2, 0) is 21.1 Å². The molecule has 3 fully saturated rings. The molecule has 6 rings (SSSR count). The van der Waals surface area contributed by atoms with Crippen molar-refractivity contribution in [3.8, 4) is 0 Å². The van der Waals surface area contributed by atoms with Gasteiger partial charge in [0.2, 0.25) is 0 Å². The van der Waals surface area contributed by atoms with E-state index in [-0.39, 0.29) is 21.1 Å². The van der Waals surface area contributed by atoms with Gasteiger partial charge in [0.1, 0.15) is 0 Å². The Balaban J connectivity index is 0.0000000960. The zero-order valence-electron chi connectivity index (χ0n) is 13.6. The van der Waals surface area contributed by atoms with Gasteiger partial charge in [-0.3, -0.25) is 0 Å². The van der Waals surface area contributed by atoms with Gasteiger partial charge in [0, 0.05) is 21.1 Å². The van der Waals surface area contributed by atoms with Crippen molar-refractivity contribution in [2.24, 2.45) is 35.5 Å². The van der Waals surface area contributed by atoms with Gasteiger partial charge in [0.05, 0.1) is 0 Å². The van der Waals surface area contributed by atoms with Crippen LogP contribution in [0.4, 0.5) is 0 Å². The van der Waals surface area contributed by atoms with E-state index < -0.39 is 0 Å². The summed E-state index contributed by atoms with van der Waals surface area (Å²) in [5, 5.41) is 0. The van der Waals surface area contributed by atoms with Crippen LogP contribution in [0.2, 0.25) is 0 Å². The van der Waals surface area contributed by atoms with E-state index in [9.17, 15) is 0 Å². The fourth-order valence-electron chi connectivity index (χ4n) is 5.15. The number of hydrogen-bond donors (Lipinski definition) is 0. The summed E-state index contributed by atoms with van der Waals surface area (Å²) in [5.74, 6) is 5.94. The molecule has 6 unspecified atom stereocenters. The van der Waals surface area contributed by atoms with Gasteiger partial charge in [0.25, 0.3) is 0 Å². The second kappa shape index (κ2) is 7.65. The van der Waals surface area contributed by atoms with Crippen molar-refractivity contribution in [3.63, 3.8) is 0 Å². The van der Waals surface area contributed by atoms with Crippen molar-refractivity contribution >= 4 is 0 Å². The van der Waals surface area contributed by atoms with Crippen molar-refractivity contribution < 1.29 is 21.1 Å². The first-order valence-electron chi connectivity index (χ1n) is 9.40. The minimum Gasteiger partial charge on any atom is -0.0851 e. The van der Waals surface area contributed by atoms with Crippen LogP contribution in [-0.4, -0.2) is 0 Å². The molecule has 6 aliphatic carbocycles. The molecular formula is C21H30Pt. The summed E-state index contributed by atoms with van der Waals surface area (Å²) in [5.41, 5.74) is 0. The number of rotatable bonds is 0. The average Bonchev–Trinajstić information content (AvgIpc) is 3.39. The van der Waals surface area contributed by atoms with E-state index in [4.69, 9.17) is 0 Å². The largest absolute Gasteiger partial charge is 0.0851 e. The van der Waals surface area contributed by atoms with Gasteiger partial charge < -0.3 is 0 Å². The molecule has 6 aliphatic rings. The van der Waals surface area contributed by atoms with Crippen LogP contribution < -0.4 is 0 Å². The Bertz CT molecular complexity index is 344. The SMILES string of the molecule is C1=CC2CCC1C2.C1=CC2CCC1C2.C1=CC2CCC1C2.[Pt]. The van der Waals surface area contributed by atoms with Gasteiger partial charge in [-0.1, -0.05) is 36.5 Å². The van der Waals surface area contributed by atoms with Crippen LogP contribution in [0.25, 0.3) is 0 Å². The predicted octanol–water partition coefficient (Wildman–Crippen LogP) is 5.92. The van der Waals surface area contributed by atoms with Crippen molar-refractivity contribution in [1.82, 2.24) is 0 Å². The predicted molar refractivity (Wildman–Crippen MR) is 89.9 cm³/mol. The summed E-state index contributed by atoms with van der Waals surface area (Å²) in [4.78, 5) is 0. The van der Waals surface area contributed by atoms with E-state index in [0.717, 1.165) is 35.5 Å². The van der Waals surface area contributed by atoms with Crippen LogP contribution in [0.3, 0.4) is 0 Å². The first kappa shape index (κ1) is 16.8. The van der Waals surface area contributed by atoms with E-state index in [0.29, 0.717) is 0 Å². The molecular weight excluding hydrogens is 447 g/mol. The molecule has 0 radical (unpaired) electrons. The molecule has 0 aliphatic heterocycles. The van der Waals surface area contributed by atoms with E-state index in [2.05, 4.69) is 36.5 Å². The van der Waals surface area contributed by atoms with Crippen LogP contribution in [0.5, 0.6) is 0 Å². The van der Waals surface area contributed by atoms with Crippen LogP contribution >= 0.6 is 0 Å². The summed E-state index contributed by atoms with van der Waals surface area (Å²) < 4.78 is 0. The molecule has 0 aromatic carbocycles. The van der Waals surface area contributed by atoms with Gasteiger partial charge in [-0.25, -0.2) is 0 Å². The average molecular weight is 478 g/mol. The summed E-state index contributed by atoms with van der Waals surface area (Å²) >= 11 is 0. The molecule has 3 saturated carbocycles. The van der Waals surface area contributed by atoms with Gasteiger partial charge in [-0.05, 0) is 93.3 Å². The molecule has 6 atom stereocenters. The minimum absolute atomic E-state index is 0. The third kappa shape index (κ3) is 4.05. The molecule has 0 N–H and O–H groups in total. The molecule has 0 amide bonds. The Kier molecular flexibility index (Phi) is 5.83. The van der Waals surface area contributed by atoms with E-state index in [1.54, 1.807) is 0 Å². The van der Waals surface area contributed by atoms with Crippen LogP contribution in [0, 0.1) is 35.5 Å². The zero-order valence-corrected chi connectivity index (χ0v) is 15.9. The van der Waals surface area contributed by atoms with Crippen molar-refractivity contribution in [2.45, 2.75) is 57.8 Å². The van der Waals surface area contributed by atoms with Crippen molar-refractivity contribution in [3.05, 3.63) is 36.5 Å². The molecule has 124 valence electrons. The van der Waals surface area contributed by atoms with E-state index in [1.165, 1.54) is 57.8 Å². The summed E-state index contributed by atoms with van der Waals surface area (Å²) in [7, 11) is 0. The zero-order chi connectivity index (χ0) is 14.1. The molecule has 1 heteroatoms. The smallest absolute Gasteiger partial charge is 0 e. The fraction of sp³-hybridized carbons (Fsp3) is 0.714. The van der Waals surface area contributed by atoms with Crippen LogP contribution in [0.1, 0.15) is 57.8 Å². The van der Waals surface area contributed by atoms with Crippen LogP contribution in [0.15, 0.2) is 36.5 Å². The van der Waals surface area contributed by atoms with E-state index in [1.807, 2.05) is 0 Å². The molecule has 0 nitrogen and oxygen atoms in total. The topological polar surface area (TPSA) is 0 Å². The third-order valence-corrected chi connectivity index (χ3v) is 6.51. The number of hydrogen-bond acceptors (Lipinski definition) is 0. The Labute approximate surface area is 150 Å².